The molecule has 0 N–H and O–H groups in total. The number of hydrogen-bond acceptors (Lipinski definition) is 4. The summed E-state index contributed by atoms with van der Waals surface area (Å²) < 4.78 is 52.3. The molecule has 142 valence electrons. The van der Waals surface area contributed by atoms with Crippen LogP contribution in [0.4, 0.5) is 13.2 Å². The van der Waals surface area contributed by atoms with Crippen LogP contribution < -0.4 is 10.2 Å². The summed E-state index contributed by atoms with van der Waals surface area (Å²) in [6.07, 6.45) is 0.0541. The molecule has 0 aliphatic heterocycles. The number of rotatable bonds is 4. The normalized spacial score (nSPS) is 18.1. The molecular formula is C18H20F3NO4. The van der Waals surface area contributed by atoms with Crippen LogP contribution in [-0.2, 0) is 4.74 Å². The Hall–Kier alpha value is -2.51. The predicted molar refractivity (Wildman–Crippen MR) is 90.5 cm³/mol. The summed E-state index contributed by atoms with van der Waals surface area (Å²) in [5, 5.41) is -0.268. The number of ether oxygens (including phenoxy) is 2. The largest absolute Gasteiger partial charge is 0.491 e. The van der Waals surface area contributed by atoms with Crippen LogP contribution in [0.25, 0.3) is 10.9 Å². The number of esters is 1. The lowest BCUT2D eigenvalue weighted by atomic mass is 10.1. The predicted octanol–water partition coefficient (Wildman–Crippen LogP) is 3.77. The standard InChI is InChI=1S/C16H14F3NO4.C2H6/c1-3-24-16(22)8-6-20(11-5-9(11)17)13-7(14(8)21)4-10(18)12(19)15(13)23-2;1-2/h4,6,9,11H,3,5H2,1-2H3;1-2H3. The van der Waals surface area contributed by atoms with Gasteiger partial charge in [0.1, 0.15) is 11.7 Å². The quantitative estimate of drug-likeness (QED) is 0.768. The first kappa shape index (κ1) is 19.8. The molecule has 8 heteroatoms. The van der Waals surface area contributed by atoms with Gasteiger partial charge in [-0.25, -0.2) is 13.6 Å². The van der Waals surface area contributed by atoms with Crippen molar-refractivity contribution in [2.45, 2.75) is 39.4 Å². The van der Waals surface area contributed by atoms with Crippen LogP contribution in [0.15, 0.2) is 17.1 Å². The molecule has 1 saturated carbocycles. The summed E-state index contributed by atoms with van der Waals surface area (Å²) in [5.41, 5.74) is -1.27. The molecule has 2 unspecified atom stereocenters. The molecule has 0 saturated heterocycles. The van der Waals surface area contributed by atoms with Gasteiger partial charge in [-0.15, -0.1) is 0 Å². The first-order valence-corrected chi connectivity index (χ1v) is 8.32. The van der Waals surface area contributed by atoms with E-state index in [1.165, 1.54) is 4.57 Å². The monoisotopic (exact) mass is 371 g/mol. The van der Waals surface area contributed by atoms with E-state index in [9.17, 15) is 22.8 Å². The molecule has 1 fully saturated rings. The van der Waals surface area contributed by atoms with Gasteiger partial charge in [-0.05, 0) is 13.0 Å². The van der Waals surface area contributed by atoms with Crippen LogP contribution in [-0.4, -0.2) is 30.4 Å². The first-order chi connectivity index (χ1) is 12.4. The van der Waals surface area contributed by atoms with Crippen molar-refractivity contribution in [3.63, 3.8) is 0 Å². The third kappa shape index (κ3) is 3.27. The Balaban J connectivity index is 0.00000117. The maximum Gasteiger partial charge on any atom is 0.343 e. The number of halogens is 3. The number of hydrogen-bond donors (Lipinski definition) is 0. The second kappa shape index (κ2) is 7.80. The number of alkyl halides is 1. The number of nitrogens with zero attached hydrogens (tertiary/aromatic N) is 1. The van der Waals surface area contributed by atoms with Gasteiger partial charge in [0.15, 0.2) is 11.6 Å². The van der Waals surface area contributed by atoms with Gasteiger partial charge in [0.2, 0.25) is 11.2 Å². The Morgan fingerprint density at radius 3 is 2.46 bits per heavy atom. The summed E-state index contributed by atoms with van der Waals surface area (Å²) in [5.74, 6) is -3.98. The molecule has 1 aromatic heterocycles. The Kier molecular flexibility index (Phi) is 5.94. The Bertz CT molecular complexity index is 894. The van der Waals surface area contributed by atoms with Crippen LogP contribution in [0.2, 0.25) is 0 Å². The van der Waals surface area contributed by atoms with Crippen molar-refractivity contribution in [1.82, 2.24) is 4.57 Å². The second-order valence-electron chi connectivity index (χ2n) is 5.42. The molecule has 5 nitrogen and oxygen atoms in total. The number of carbonyl (C=O) groups excluding carboxylic acids is 1. The number of benzene rings is 1. The van der Waals surface area contributed by atoms with Crippen LogP contribution in [0.3, 0.4) is 0 Å². The lowest BCUT2D eigenvalue weighted by Gasteiger charge is -2.16. The van der Waals surface area contributed by atoms with E-state index in [0.29, 0.717) is 6.07 Å². The minimum absolute atomic E-state index is 0.0343. The van der Waals surface area contributed by atoms with Gasteiger partial charge in [-0.1, -0.05) is 13.8 Å². The zero-order valence-electron chi connectivity index (χ0n) is 14.9. The summed E-state index contributed by atoms with van der Waals surface area (Å²) >= 11 is 0. The van der Waals surface area contributed by atoms with E-state index in [-0.39, 0.29) is 29.5 Å². The number of aromatic nitrogens is 1. The van der Waals surface area contributed by atoms with Gasteiger partial charge in [0, 0.05) is 12.6 Å². The average Bonchev–Trinajstić information content (AvgIpc) is 3.35. The minimum Gasteiger partial charge on any atom is -0.491 e. The van der Waals surface area contributed by atoms with Gasteiger partial charge in [0.25, 0.3) is 0 Å². The summed E-state index contributed by atoms with van der Waals surface area (Å²) in [4.78, 5) is 24.5. The van der Waals surface area contributed by atoms with Crippen molar-refractivity contribution in [3.8, 4) is 5.75 Å². The Labute approximate surface area is 148 Å². The molecule has 1 heterocycles. The fourth-order valence-electron chi connectivity index (χ4n) is 2.67. The molecule has 0 bridgehead atoms. The van der Waals surface area contributed by atoms with E-state index < -0.39 is 41.0 Å². The summed E-state index contributed by atoms with van der Waals surface area (Å²) in [6.45, 7) is 5.60. The summed E-state index contributed by atoms with van der Waals surface area (Å²) in [6, 6.07) is 0.00436. The van der Waals surface area contributed by atoms with Crippen molar-refractivity contribution in [3.05, 3.63) is 39.7 Å². The average molecular weight is 371 g/mol. The zero-order valence-corrected chi connectivity index (χ0v) is 14.9. The van der Waals surface area contributed by atoms with Crippen molar-refractivity contribution in [2.24, 2.45) is 0 Å². The highest BCUT2D eigenvalue weighted by molar-refractivity contribution is 5.95. The van der Waals surface area contributed by atoms with Crippen LogP contribution >= 0.6 is 0 Å². The summed E-state index contributed by atoms with van der Waals surface area (Å²) in [7, 11) is 1.12. The molecule has 0 radical (unpaired) electrons. The molecule has 0 spiro atoms. The maximum atomic E-state index is 14.0. The van der Waals surface area contributed by atoms with Crippen LogP contribution in [0.1, 0.15) is 43.6 Å². The van der Waals surface area contributed by atoms with Gasteiger partial charge in [-0.3, -0.25) is 4.79 Å². The molecule has 0 amide bonds. The van der Waals surface area contributed by atoms with Gasteiger partial charge in [-0.2, -0.15) is 4.39 Å². The zero-order chi connectivity index (χ0) is 19.6. The van der Waals surface area contributed by atoms with E-state index in [4.69, 9.17) is 9.47 Å². The molecule has 1 aliphatic rings. The third-order valence-electron chi connectivity index (χ3n) is 3.90. The fourth-order valence-corrected chi connectivity index (χ4v) is 2.67. The molecule has 1 aromatic carbocycles. The van der Waals surface area contributed by atoms with E-state index in [0.717, 1.165) is 13.3 Å². The second-order valence-corrected chi connectivity index (χ2v) is 5.42. The lowest BCUT2D eigenvalue weighted by Crippen LogP contribution is -2.22. The van der Waals surface area contributed by atoms with E-state index in [2.05, 4.69) is 0 Å². The number of carbonyl (C=O) groups is 1. The van der Waals surface area contributed by atoms with Crippen LogP contribution in [0.5, 0.6) is 5.75 Å². The minimum atomic E-state index is -1.29. The fraction of sp³-hybridized carbons (Fsp3) is 0.444. The van der Waals surface area contributed by atoms with Crippen molar-refractivity contribution in [1.29, 1.82) is 0 Å². The van der Waals surface area contributed by atoms with Crippen molar-refractivity contribution >= 4 is 16.9 Å². The number of pyridine rings is 1. The molecule has 3 rings (SSSR count). The van der Waals surface area contributed by atoms with Crippen molar-refractivity contribution < 1.29 is 27.4 Å². The third-order valence-corrected chi connectivity index (χ3v) is 3.90. The van der Waals surface area contributed by atoms with Gasteiger partial charge < -0.3 is 14.0 Å². The molecule has 2 atom stereocenters. The number of methoxy groups -OCH3 is 1. The molecule has 2 aromatic rings. The number of fused-ring (bicyclic) bond motifs is 1. The first-order valence-electron chi connectivity index (χ1n) is 8.32. The van der Waals surface area contributed by atoms with E-state index in [1.54, 1.807) is 6.92 Å². The molecular weight excluding hydrogens is 351 g/mol. The van der Waals surface area contributed by atoms with Crippen LogP contribution in [0, 0.1) is 11.6 Å². The van der Waals surface area contributed by atoms with Crippen molar-refractivity contribution in [2.75, 3.05) is 13.7 Å². The highest BCUT2D eigenvalue weighted by atomic mass is 19.2. The Morgan fingerprint density at radius 1 is 1.35 bits per heavy atom. The SMILES string of the molecule is CC.CCOC(=O)c1cn(C2CC2F)c2c(OC)c(F)c(F)cc2c1=O. The highest BCUT2D eigenvalue weighted by Crippen LogP contribution is 2.43. The van der Waals surface area contributed by atoms with Gasteiger partial charge in [0.05, 0.1) is 30.7 Å². The van der Waals surface area contributed by atoms with Gasteiger partial charge >= 0.3 is 5.97 Å². The maximum absolute atomic E-state index is 14.0. The lowest BCUT2D eigenvalue weighted by molar-refractivity contribution is 0.0524. The molecule has 1 aliphatic carbocycles. The topological polar surface area (TPSA) is 57.5 Å². The Morgan fingerprint density at radius 2 is 1.96 bits per heavy atom. The smallest absolute Gasteiger partial charge is 0.343 e. The van der Waals surface area contributed by atoms with E-state index >= 15 is 0 Å². The van der Waals surface area contributed by atoms with E-state index in [1.807, 2.05) is 13.8 Å². The highest BCUT2D eigenvalue weighted by Gasteiger charge is 2.41. The molecule has 26 heavy (non-hydrogen) atoms.